The molecule has 33 valence electrons. The number of ether oxygens (including phenoxy) is 1. The summed E-state index contributed by atoms with van der Waals surface area (Å²) >= 11 is 0. The van der Waals surface area contributed by atoms with Crippen LogP contribution in [0.1, 0.15) is 0 Å². The van der Waals surface area contributed by atoms with E-state index >= 15 is 0 Å². The van der Waals surface area contributed by atoms with Crippen molar-refractivity contribution in [2.75, 3.05) is 7.11 Å². The van der Waals surface area contributed by atoms with Crippen molar-refractivity contribution in [2.45, 2.75) is 6.10 Å². The smallest absolute Gasteiger partial charge is 0.0967 e. The average Bonchev–Trinajstić information content (AvgIpc) is 2.19. The van der Waals surface area contributed by atoms with Gasteiger partial charge in [0.25, 0.3) is 0 Å². The van der Waals surface area contributed by atoms with E-state index in [9.17, 15) is 0 Å². The molecule has 0 amide bonds. The largest absolute Gasteiger partial charge is 0.373 e. The highest BCUT2D eigenvalue weighted by molar-refractivity contribution is 5.34. The Hall–Kier alpha value is -0.300. The normalized spacial score (nSPS) is 29.7. The maximum absolute atomic E-state index is 4.82. The monoisotopic (exact) mass is 83.0 g/mol. The summed E-state index contributed by atoms with van der Waals surface area (Å²) in [5, 5.41) is 0. The second-order valence-electron chi connectivity index (χ2n) is 1.40. The molecular formula is C5H7O. The molecule has 1 aliphatic carbocycles. The van der Waals surface area contributed by atoms with Gasteiger partial charge in [-0.1, -0.05) is 0 Å². The minimum atomic E-state index is 0.282. The number of hydrogen-bond donors (Lipinski definition) is 0. The Balaban J connectivity index is 2.18. The van der Waals surface area contributed by atoms with Gasteiger partial charge in [-0.05, 0) is 18.6 Å². The molecule has 0 bridgehead atoms. The topological polar surface area (TPSA) is 9.23 Å². The van der Waals surface area contributed by atoms with E-state index in [1.54, 1.807) is 7.11 Å². The van der Waals surface area contributed by atoms with Gasteiger partial charge < -0.3 is 4.74 Å². The summed E-state index contributed by atoms with van der Waals surface area (Å²) in [6, 6.07) is 0. The zero-order chi connectivity index (χ0) is 4.57. The van der Waals surface area contributed by atoms with Crippen LogP contribution in [0, 0.1) is 6.92 Å². The van der Waals surface area contributed by atoms with E-state index in [1.807, 2.05) is 6.08 Å². The first-order chi connectivity index (χ1) is 2.84. The maximum Gasteiger partial charge on any atom is 0.0967 e. The molecule has 0 N–H and O–H groups in total. The van der Waals surface area contributed by atoms with Crippen LogP contribution in [0.3, 0.4) is 0 Å². The molecule has 0 aliphatic heterocycles. The third-order valence-electron chi connectivity index (χ3n) is 0.876. The molecule has 0 saturated heterocycles. The summed E-state index contributed by atoms with van der Waals surface area (Å²) in [4.78, 5) is 0. The molecule has 1 unspecified atom stereocenters. The fraction of sp³-hybridized carbons (Fsp3) is 0.400. The van der Waals surface area contributed by atoms with E-state index in [0.29, 0.717) is 0 Å². The fourth-order valence-corrected chi connectivity index (χ4v) is 0.366. The molecular weight excluding hydrogens is 76.1 g/mol. The average molecular weight is 83.1 g/mol. The standard InChI is InChI=1S/C5H7O/c1-4-3-5(4)6-2/h3,5H,1H2,2H3. The van der Waals surface area contributed by atoms with Crippen molar-refractivity contribution >= 4 is 0 Å². The van der Waals surface area contributed by atoms with Crippen LogP contribution in [0.5, 0.6) is 0 Å². The third-order valence-corrected chi connectivity index (χ3v) is 0.876. The lowest BCUT2D eigenvalue weighted by atomic mass is 10.5. The first-order valence-electron chi connectivity index (χ1n) is 1.91. The Morgan fingerprint density at radius 1 is 2.00 bits per heavy atom. The number of methoxy groups -OCH3 is 1. The van der Waals surface area contributed by atoms with Gasteiger partial charge >= 0.3 is 0 Å². The number of hydrogen-bond acceptors (Lipinski definition) is 1. The van der Waals surface area contributed by atoms with Crippen molar-refractivity contribution in [3.8, 4) is 0 Å². The minimum Gasteiger partial charge on any atom is -0.373 e. The molecule has 1 heteroatoms. The van der Waals surface area contributed by atoms with Crippen molar-refractivity contribution in [2.24, 2.45) is 0 Å². The van der Waals surface area contributed by atoms with Gasteiger partial charge in [-0.15, -0.1) is 0 Å². The SMILES string of the molecule is [CH2]C1=CC1OC. The Morgan fingerprint density at radius 2 is 2.50 bits per heavy atom. The van der Waals surface area contributed by atoms with Crippen LogP contribution in [-0.2, 0) is 4.74 Å². The van der Waals surface area contributed by atoms with Crippen LogP contribution in [0.15, 0.2) is 11.6 Å². The van der Waals surface area contributed by atoms with Crippen LogP contribution in [-0.4, -0.2) is 13.2 Å². The first-order valence-corrected chi connectivity index (χ1v) is 1.91. The molecule has 1 radical (unpaired) electrons. The van der Waals surface area contributed by atoms with Crippen molar-refractivity contribution in [1.82, 2.24) is 0 Å². The third kappa shape index (κ3) is 0.455. The van der Waals surface area contributed by atoms with Crippen LogP contribution in [0.25, 0.3) is 0 Å². The first kappa shape index (κ1) is 3.88. The lowest BCUT2D eigenvalue weighted by molar-refractivity contribution is 0.198. The van der Waals surface area contributed by atoms with Crippen molar-refractivity contribution < 1.29 is 4.74 Å². The van der Waals surface area contributed by atoms with Gasteiger partial charge in [-0.3, -0.25) is 0 Å². The van der Waals surface area contributed by atoms with Crippen molar-refractivity contribution in [3.63, 3.8) is 0 Å². The Kier molecular flexibility index (Phi) is 0.701. The van der Waals surface area contributed by atoms with E-state index in [0.717, 1.165) is 5.57 Å². The van der Waals surface area contributed by atoms with Crippen LogP contribution in [0.2, 0.25) is 0 Å². The molecule has 6 heavy (non-hydrogen) atoms. The lowest BCUT2D eigenvalue weighted by Crippen LogP contribution is -1.87. The summed E-state index contributed by atoms with van der Waals surface area (Å²) in [6.45, 7) is 3.64. The van der Waals surface area contributed by atoms with Gasteiger partial charge in [-0.2, -0.15) is 0 Å². The summed E-state index contributed by atoms with van der Waals surface area (Å²) < 4.78 is 4.82. The van der Waals surface area contributed by atoms with E-state index in [2.05, 4.69) is 6.92 Å². The van der Waals surface area contributed by atoms with Crippen LogP contribution in [0.4, 0.5) is 0 Å². The van der Waals surface area contributed by atoms with E-state index in [-0.39, 0.29) is 6.10 Å². The Labute approximate surface area is 37.6 Å². The van der Waals surface area contributed by atoms with Gasteiger partial charge in [0.05, 0.1) is 6.10 Å². The van der Waals surface area contributed by atoms with Gasteiger partial charge in [0.2, 0.25) is 0 Å². The highest BCUT2D eigenvalue weighted by Gasteiger charge is 2.17. The minimum absolute atomic E-state index is 0.282. The van der Waals surface area contributed by atoms with Gasteiger partial charge in [0.1, 0.15) is 0 Å². The second-order valence-corrected chi connectivity index (χ2v) is 1.40. The fourth-order valence-electron chi connectivity index (χ4n) is 0.366. The predicted octanol–water partition coefficient (Wildman–Crippen LogP) is 0.775. The number of rotatable bonds is 1. The molecule has 1 rings (SSSR count). The van der Waals surface area contributed by atoms with Crippen LogP contribution < -0.4 is 0 Å². The lowest BCUT2D eigenvalue weighted by Gasteiger charge is -1.86. The Bertz CT molecular complexity index is 83.9. The van der Waals surface area contributed by atoms with Gasteiger partial charge in [0, 0.05) is 7.11 Å². The van der Waals surface area contributed by atoms with E-state index < -0.39 is 0 Å². The molecule has 0 aromatic heterocycles. The zero-order valence-electron chi connectivity index (χ0n) is 3.77. The Morgan fingerprint density at radius 3 is 2.50 bits per heavy atom. The zero-order valence-corrected chi connectivity index (χ0v) is 3.77. The van der Waals surface area contributed by atoms with Crippen LogP contribution >= 0.6 is 0 Å². The molecule has 0 heterocycles. The summed E-state index contributed by atoms with van der Waals surface area (Å²) in [5.74, 6) is 0. The van der Waals surface area contributed by atoms with Gasteiger partial charge in [0.15, 0.2) is 0 Å². The molecule has 0 aromatic carbocycles. The molecule has 0 saturated carbocycles. The molecule has 1 atom stereocenters. The maximum atomic E-state index is 4.82. The summed E-state index contributed by atoms with van der Waals surface area (Å²) in [6.07, 6.45) is 2.25. The molecule has 1 nitrogen and oxygen atoms in total. The molecule has 0 spiro atoms. The van der Waals surface area contributed by atoms with Gasteiger partial charge in [-0.25, -0.2) is 0 Å². The second kappa shape index (κ2) is 1.09. The highest BCUT2D eigenvalue weighted by atomic mass is 16.5. The predicted molar refractivity (Wildman–Crippen MR) is 24.2 cm³/mol. The van der Waals surface area contributed by atoms with E-state index in [1.165, 1.54) is 0 Å². The highest BCUT2D eigenvalue weighted by Crippen LogP contribution is 2.20. The summed E-state index contributed by atoms with van der Waals surface area (Å²) in [7, 11) is 1.68. The summed E-state index contributed by atoms with van der Waals surface area (Å²) in [5.41, 5.74) is 1.11. The van der Waals surface area contributed by atoms with E-state index in [4.69, 9.17) is 4.74 Å². The van der Waals surface area contributed by atoms with Crippen molar-refractivity contribution in [3.05, 3.63) is 18.6 Å². The molecule has 0 aromatic rings. The van der Waals surface area contributed by atoms with Crippen molar-refractivity contribution in [1.29, 1.82) is 0 Å². The molecule has 1 aliphatic rings. The molecule has 0 fully saturated rings. The quantitative estimate of drug-likeness (QED) is 0.455.